The molecule has 4 heteroatoms. The summed E-state index contributed by atoms with van der Waals surface area (Å²) in [6, 6.07) is 0. The first-order chi connectivity index (χ1) is 5.25. The molecule has 0 aliphatic heterocycles. The van der Waals surface area contributed by atoms with Gasteiger partial charge in [-0.1, -0.05) is 12.2 Å². The van der Waals surface area contributed by atoms with E-state index in [9.17, 15) is 0 Å². The summed E-state index contributed by atoms with van der Waals surface area (Å²) in [5.74, 6) is 0. The molecule has 60 valence electrons. The first-order valence-corrected chi connectivity index (χ1v) is 5.38. The van der Waals surface area contributed by atoms with Crippen LogP contribution in [-0.2, 0) is 6.54 Å². The molecule has 0 unspecified atom stereocenters. The predicted molar refractivity (Wildman–Crippen MR) is 62.5 cm³/mol. The van der Waals surface area contributed by atoms with Crippen molar-refractivity contribution in [2.24, 2.45) is 0 Å². The Balaban J connectivity index is 2.78. The molecular weight excluding hydrogens is 366 g/mol. The average molecular weight is 374 g/mol. The molecule has 0 aliphatic carbocycles. The summed E-state index contributed by atoms with van der Waals surface area (Å²) in [6.07, 6.45) is 6.02. The molecule has 0 spiro atoms. The van der Waals surface area contributed by atoms with Crippen LogP contribution < -0.4 is 0 Å². The Morgan fingerprint density at radius 1 is 1.64 bits per heavy atom. The SMILES string of the molecule is C/C=C/Cn1cnc(I)c1I. The lowest BCUT2D eigenvalue weighted by molar-refractivity contribution is 0.798. The zero-order valence-electron chi connectivity index (χ0n) is 6.09. The first-order valence-electron chi connectivity index (χ1n) is 3.23. The Morgan fingerprint density at radius 2 is 2.36 bits per heavy atom. The van der Waals surface area contributed by atoms with Crippen LogP contribution in [0.1, 0.15) is 6.92 Å². The largest absolute Gasteiger partial charge is 0.321 e. The van der Waals surface area contributed by atoms with Gasteiger partial charge in [0.05, 0.1) is 6.33 Å². The summed E-state index contributed by atoms with van der Waals surface area (Å²) in [4.78, 5) is 4.18. The molecule has 0 aliphatic rings. The lowest BCUT2D eigenvalue weighted by Gasteiger charge is -1.96. The van der Waals surface area contributed by atoms with Gasteiger partial charge in [-0.3, -0.25) is 0 Å². The third kappa shape index (κ3) is 2.43. The van der Waals surface area contributed by atoms with Gasteiger partial charge in [-0.15, -0.1) is 0 Å². The number of nitrogens with zero attached hydrogens (tertiary/aromatic N) is 2. The van der Waals surface area contributed by atoms with Crippen LogP contribution >= 0.6 is 45.2 Å². The van der Waals surface area contributed by atoms with Crippen LogP contribution in [-0.4, -0.2) is 9.55 Å². The summed E-state index contributed by atoms with van der Waals surface area (Å²) in [7, 11) is 0. The molecule has 0 saturated heterocycles. The highest BCUT2D eigenvalue weighted by Crippen LogP contribution is 2.12. The molecule has 0 radical (unpaired) electrons. The number of hydrogen-bond donors (Lipinski definition) is 0. The van der Waals surface area contributed by atoms with Crippen molar-refractivity contribution in [3.05, 3.63) is 25.9 Å². The van der Waals surface area contributed by atoms with Crippen molar-refractivity contribution in [2.75, 3.05) is 0 Å². The van der Waals surface area contributed by atoms with Crippen molar-refractivity contribution in [2.45, 2.75) is 13.5 Å². The minimum atomic E-state index is 0.921. The molecule has 1 aromatic heterocycles. The van der Waals surface area contributed by atoms with Crippen LogP contribution in [0.4, 0.5) is 0 Å². The molecule has 0 atom stereocenters. The highest BCUT2D eigenvalue weighted by molar-refractivity contribution is 14.1. The van der Waals surface area contributed by atoms with Crippen molar-refractivity contribution in [3.8, 4) is 0 Å². The molecule has 0 amide bonds. The van der Waals surface area contributed by atoms with E-state index in [0.717, 1.165) is 10.2 Å². The fraction of sp³-hybridized carbons (Fsp3) is 0.286. The Labute approximate surface area is 93.4 Å². The molecule has 2 nitrogen and oxygen atoms in total. The van der Waals surface area contributed by atoms with Crippen molar-refractivity contribution in [3.63, 3.8) is 0 Å². The molecule has 0 bridgehead atoms. The second kappa shape index (κ2) is 4.44. The van der Waals surface area contributed by atoms with Gasteiger partial charge in [-0.2, -0.15) is 0 Å². The van der Waals surface area contributed by atoms with Crippen LogP contribution in [0.3, 0.4) is 0 Å². The second-order valence-electron chi connectivity index (χ2n) is 2.05. The van der Waals surface area contributed by atoms with E-state index in [1.807, 2.05) is 19.3 Å². The summed E-state index contributed by atoms with van der Waals surface area (Å²) < 4.78 is 4.40. The normalized spacial score (nSPS) is 11.2. The van der Waals surface area contributed by atoms with Crippen LogP contribution in [0, 0.1) is 7.40 Å². The Morgan fingerprint density at radius 3 is 2.82 bits per heavy atom. The van der Waals surface area contributed by atoms with Crippen molar-refractivity contribution in [1.29, 1.82) is 0 Å². The van der Waals surface area contributed by atoms with Gasteiger partial charge in [0.25, 0.3) is 0 Å². The minimum Gasteiger partial charge on any atom is -0.321 e. The van der Waals surface area contributed by atoms with E-state index < -0.39 is 0 Å². The lowest BCUT2D eigenvalue weighted by Crippen LogP contribution is -1.95. The van der Waals surface area contributed by atoms with Gasteiger partial charge in [0.15, 0.2) is 0 Å². The van der Waals surface area contributed by atoms with Gasteiger partial charge >= 0.3 is 0 Å². The molecule has 0 saturated carbocycles. The Kier molecular flexibility index (Phi) is 3.83. The zero-order chi connectivity index (χ0) is 8.27. The van der Waals surface area contributed by atoms with Crippen molar-refractivity contribution in [1.82, 2.24) is 9.55 Å². The van der Waals surface area contributed by atoms with E-state index in [2.05, 4.69) is 60.8 Å². The van der Waals surface area contributed by atoms with Crippen LogP contribution in [0.5, 0.6) is 0 Å². The molecule has 0 N–H and O–H groups in total. The third-order valence-electron chi connectivity index (χ3n) is 1.27. The monoisotopic (exact) mass is 374 g/mol. The number of rotatable bonds is 2. The molecule has 11 heavy (non-hydrogen) atoms. The fourth-order valence-corrected chi connectivity index (χ4v) is 1.58. The highest BCUT2D eigenvalue weighted by Gasteiger charge is 2.01. The van der Waals surface area contributed by atoms with Gasteiger partial charge in [0, 0.05) is 6.54 Å². The van der Waals surface area contributed by atoms with Crippen molar-refractivity contribution < 1.29 is 0 Å². The maximum absolute atomic E-state index is 4.18. The van der Waals surface area contributed by atoms with Gasteiger partial charge in [0.1, 0.15) is 7.40 Å². The quantitative estimate of drug-likeness (QED) is 0.575. The minimum absolute atomic E-state index is 0.921. The van der Waals surface area contributed by atoms with E-state index in [4.69, 9.17) is 0 Å². The van der Waals surface area contributed by atoms with E-state index in [-0.39, 0.29) is 0 Å². The van der Waals surface area contributed by atoms with E-state index in [0.29, 0.717) is 0 Å². The van der Waals surface area contributed by atoms with E-state index >= 15 is 0 Å². The molecule has 1 rings (SSSR count). The molecular formula is C7H8I2N2. The molecule has 0 aromatic carbocycles. The molecule has 0 fully saturated rings. The van der Waals surface area contributed by atoms with E-state index in [1.54, 1.807) is 0 Å². The Hall–Kier alpha value is 0.410. The molecule has 1 heterocycles. The summed E-state index contributed by atoms with van der Waals surface area (Å²) in [5.41, 5.74) is 0. The average Bonchev–Trinajstić information content (AvgIpc) is 2.31. The van der Waals surface area contributed by atoms with Gasteiger partial charge < -0.3 is 4.57 Å². The predicted octanol–water partition coefficient (Wildman–Crippen LogP) is 2.67. The fourth-order valence-electron chi connectivity index (χ4n) is 0.689. The third-order valence-corrected chi connectivity index (χ3v) is 4.22. The Bertz CT molecular complexity index is 265. The maximum atomic E-state index is 4.18. The number of aromatic nitrogens is 2. The lowest BCUT2D eigenvalue weighted by atomic mass is 10.5. The second-order valence-corrected chi connectivity index (χ2v) is 4.09. The topological polar surface area (TPSA) is 17.8 Å². The summed E-state index contributed by atoms with van der Waals surface area (Å²) >= 11 is 4.53. The van der Waals surface area contributed by atoms with Crippen LogP contribution in [0.25, 0.3) is 0 Å². The summed E-state index contributed by atoms with van der Waals surface area (Å²) in [6.45, 7) is 2.94. The number of halogens is 2. The van der Waals surface area contributed by atoms with Gasteiger partial charge in [-0.25, -0.2) is 4.98 Å². The smallest absolute Gasteiger partial charge is 0.132 e. The van der Waals surface area contributed by atoms with Crippen molar-refractivity contribution >= 4 is 45.2 Å². The van der Waals surface area contributed by atoms with Crippen LogP contribution in [0.2, 0.25) is 0 Å². The zero-order valence-corrected chi connectivity index (χ0v) is 10.4. The number of allylic oxidation sites excluding steroid dienone is 2. The first kappa shape index (κ1) is 9.50. The molecule has 1 aromatic rings. The van der Waals surface area contributed by atoms with Gasteiger partial charge in [0.2, 0.25) is 0 Å². The summed E-state index contributed by atoms with van der Waals surface area (Å²) in [5, 5.41) is 0. The van der Waals surface area contributed by atoms with E-state index in [1.165, 1.54) is 3.70 Å². The van der Waals surface area contributed by atoms with Gasteiger partial charge in [-0.05, 0) is 52.1 Å². The maximum Gasteiger partial charge on any atom is 0.132 e. The number of imidazole rings is 1. The number of hydrogen-bond acceptors (Lipinski definition) is 1. The van der Waals surface area contributed by atoms with Crippen LogP contribution in [0.15, 0.2) is 18.5 Å². The standard InChI is InChI=1S/C7H8I2N2/c1-2-3-4-11-5-10-6(8)7(11)9/h2-3,5H,4H2,1H3/b3-2+. The highest BCUT2D eigenvalue weighted by atomic mass is 127.